The van der Waals surface area contributed by atoms with Gasteiger partial charge in [-0.25, -0.2) is 9.78 Å². The molecule has 1 aromatic heterocycles. The van der Waals surface area contributed by atoms with E-state index in [2.05, 4.69) is 11.6 Å². The number of aliphatic hydroxyl groups is 1. The molecule has 2 aromatic carbocycles. The number of nitrogens with zero attached hydrogens (tertiary/aromatic N) is 2. The summed E-state index contributed by atoms with van der Waals surface area (Å²) in [6, 6.07) is 13.0. The number of amides is 1. The van der Waals surface area contributed by atoms with Crippen LogP contribution in [0.15, 0.2) is 78.6 Å². The number of aliphatic carboxylic acids is 1. The minimum Gasteiger partial charge on any atom is -0.503 e. The number of ether oxygens (including phenoxy) is 3. The zero-order valence-electron chi connectivity index (χ0n) is 23.9. The number of carbonyl (C=O) groups excluding carboxylic acids is 3. The number of ketones is 1. The summed E-state index contributed by atoms with van der Waals surface area (Å²) in [6.45, 7) is 6.24. The normalized spacial score (nSPS) is 14.3. The summed E-state index contributed by atoms with van der Waals surface area (Å²) in [6.07, 6.45) is 4.34. The predicted molar refractivity (Wildman–Crippen MR) is 161 cm³/mol. The van der Waals surface area contributed by atoms with Crippen LogP contribution in [0.5, 0.6) is 11.5 Å². The van der Waals surface area contributed by atoms with E-state index in [1.807, 2.05) is 30.3 Å². The fraction of sp³-hybridized carbons (Fsp3) is 0.194. The number of esters is 1. The van der Waals surface area contributed by atoms with Crippen molar-refractivity contribution in [2.45, 2.75) is 19.9 Å². The number of aromatic nitrogens is 1. The highest BCUT2D eigenvalue weighted by atomic mass is 32.1. The zero-order chi connectivity index (χ0) is 31.7. The lowest BCUT2D eigenvalue weighted by atomic mass is 9.95. The molecule has 4 rings (SSSR count). The smallest absolute Gasteiger partial charge is 0.350 e. The molecule has 0 radical (unpaired) electrons. The highest BCUT2D eigenvalue weighted by molar-refractivity contribution is 7.17. The van der Waals surface area contributed by atoms with Crippen molar-refractivity contribution in [2.24, 2.45) is 0 Å². The molecule has 2 N–H and O–H groups in total. The second-order valence-corrected chi connectivity index (χ2v) is 9.86. The first-order valence-corrected chi connectivity index (χ1v) is 13.6. The molecule has 1 unspecified atom stereocenters. The zero-order valence-corrected chi connectivity index (χ0v) is 24.7. The predicted octanol–water partition coefficient (Wildman–Crippen LogP) is 5.08. The van der Waals surface area contributed by atoms with Gasteiger partial charge in [0.05, 0.1) is 31.5 Å². The van der Waals surface area contributed by atoms with E-state index in [0.717, 1.165) is 23.8 Å². The van der Waals surface area contributed by atoms with E-state index in [-0.39, 0.29) is 22.2 Å². The summed E-state index contributed by atoms with van der Waals surface area (Å²) in [5.41, 5.74) is 1.44. The average molecular weight is 607 g/mol. The van der Waals surface area contributed by atoms with Crippen molar-refractivity contribution in [1.82, 2.24) is 4.98 Å². The molecule has 3 aromatic rings. The van der Waals surface area contributed by atoms with Gasteiger partial charge in [0.1, 0.15) is 11.5 Å². The molecule has 0 bridgehead atoms. The Morgan fingerprint density at radius 2 is 1.74 bits per heavy atom. The molecule has 0 fully saturated rings. The fourth-order valence-corrected chi connectivity index (χ4v) is 5.08. The van der Waals surface area contributed by atoms with Gasteiger partial charge in [-0.05, 0) is 36.3 Å². The molecular formula is C31H30N2O9S. The standard InChI is InChI=1S/C29H26N2O7S.C2H4O2/c1-5-15-38-28(35)26-17(2)30-29(39-26)31-24(19-12-14-21(36-3)22(16-19)37-4)23(25(33)27(31)34)20(32)13-11-18-9-7-6-8-10-18;1-2(3)4/h5-14,16,24,33H,1,15H2,2-4H3;1H3,(H,3,4)/b13-11+;. The molecule has 1 atom stereocenters. The van der Waals surface area contributed by atoms with Crippen LogP contribution in [0.1, 0.15) is 39.5 Å². The fourth-order valence-electron chi connectivity index (χ4n) is 4.09. The van der Waals surface area contributed by atoms with Crippen molar-refractivity contribution in [1.29, 1.82) is 0 Å². The van der Waals surface area contributed by atoms with Crippen LogP contribution in [0, 0.1) is 6.92 Å². The Bertz CT molecular complexity index is 1590. The topological polar surface area (TPSA) is 153 Å². The Kier molecular flexibility index (Phi) is 11.0. The molecule has 224 valence electrons. The lowest BCUT2D eigenvalue weighted by molar-refractivity contribution is -0.134. The number of hydrogen-bond donors (Lipinski definition) is 2. The number of allylic oxidation sites excluding steroid dienone is 1. The van der Waals surface area contributed by atoms with Crippen LogP contribution in [0.3, 0.4) is 0 Å². The number of methoxy groups -OCH3 is 2. The summed E-state index contributed by atoms with van der Waals surface area (Å²) in [5.74, 6) is -2.74. The van der Waals surface area contributed by atoms with Crippen LogP contribution in [-0.2, 0) is 19.1 Å². The number of aliphatic hydroxyl groups excluding tert-OH is 1. The van der Waals surface area contributed by atoms with Gasteiger partial charge in [0.25, 0.3) is 11.9 Å². The summed E-state index contributed by atoms with van der Waals surface area (Å²) in [7, 11) is 2.95. The Labute approximate surface area is 252 Å². The van der Waals surface area contributed by atoms with Crippen LogP contribution in [0.4, 0.5) is 5.13 Å². The number of carboxylic acids is 1. The molecule has 43 heavy (non-hydrogen) atoms. The van der Waals surface area contributed by atoms with Gasteiger partial charge in [0.15, 0.2) is 28.2 Å². The van der Waals surface area contributed by atoms with Crippen LogP contribution >= 0.6 is 11.3 Å². The number of carboxylic acid groups (broad SMARTS) is 1. The third kappa shape index (κ3) is 7.54. The third-order valence-corrected chi connectivity index (χ3v) is 7.07. The molecule has 1 aliphatic rings. The van der Waals surface area contributed by atoms with E-state index in [9.17, 15) is 19.5 Å². The Hall–Kier alpha value is -5.23. The Balaban J connectivity index is 0.00000119. The van der Waals surface area contributed by atoms with E-state index >= 15 is 0 Å². The average Bonchev–Trinajstić information content (AvgIpc) is 3.50. The van der Waals surface area contributed by atoms with Crippen LogP contribution in [0.2, 0.25) is 0 Å². The van der Waals surface area contributed by atoms with Gasteiger partial charge < -0.3 is 24.4 Å². The number of carbonyl (C=O) groups is 4. The second kappa shape index (κ2) is 14.6. The number of benzene rings is 2. The lowest BCUT2D eigenvalue weighted by Gasteiger charge is -2.25. The maximum absolute atomic E-state index is 13.5. The first-order valence-electron chi connectivity index (χ1n) is 12.7. The third-order valence-electron chi connectivity index (χ3n) is 5.93. The minimum absolute atomic E-state index is 0.0111. The molecule has 1 aliphatic heterocycles. The molecule has 0 aliphatic carbocycles. The number of hydrogen-bond acceptors (Lipinski definition) is 10. The SMILES string of the molecule is C=CCOC(=O)c1sc(N2C(=O)C(O)=C(C(=O)/C=C/c3ccccc3)C2c2ccc(OC)c(OC)c2)nc1C.CC(=O)O. The van der Waals surface area contributed by atoms with Crippen molar-refractivity contribution >= 4 is 46.2 Å². The van der Waals surface area contributed by atoms with Crippen LogP contribution in [-0.4, -0.2) is 59.7 Å². The largest absolute Gasteiger partial charge is 0.503 e. The molecule has 11 nitrogen and oxygen atoms in total. The van der Waals surface area contributed by atoms with Gasteiger partial charge >= 0.3 is 5.97 Å². The van der Waals surface area contributed by atoms with Crippen molar-refractivity contribution in [3.63, 3.8) is 0 Å². The van der Waals surface area contributed by atoms with E-state index in [1.165, 1.54) is 31.3 Å². The Morgan fingerprint density at radius 3 is 2.35 bits per heavy atom. The molecular weight excluding hydrogens is 576 g/mol. The minimum atomic E-state index is -1.06. The van der Waals surface area contributed by atoms with E-state index < -0.39 is 35.4 Å². The molecule has 0 saturated heterocycles. The van der Waals surface area contributed by atoms with Gasteiger partial charge in [-0.1, -0.05) is 66.5 Å². The highest BCUT2D eigenvalue weighted by Gasteiger charge is 2.45. The van der Waals surface area contributed by atoms with Crippen LogP contribution in [0.25, 0.3) is 6.08 Å². The van der Waals surface area contributed by atoms with Gasteiger partial charge in [-0.15, -0.1) is 0 Å². The molecule has 2 heterocycles. The van der Waals surface area contributed by atoms with Crippen molar-refractivity contribution < 1.29 is 43.6 Å². The molecule has 1 amide bonds. The number of rotatable bonds is 10. The van der Waals surface area contributed by atoms with Gasteiger partial charge in [-0.3, -0.25) is 19.3 Å². The van der Waals surface area contributed by atoms with E-state index in [0.29, 0.717) is 22.8 Å². The summed E-state index contributed by atoms with van der Waals surface area (Å²) < 4.78 is 15.9. The van der Waals surface area contributed by atoms with Gasteiger partial charge in [-0.2, -0.15) is 0 Å². The second-order valence-electron chi connectivity index (χ2n) is 8.88. The van der Waals surface area contributed by atoms with Gasteiger partial charge in [0.2, 0.25) is 0 Å². The van der Waals surface area contributed by atoms with Crippen LogP contribution < -0.4 is 14.4 Å². The molecule has 0 saturated carbocycles. The summed E-state index contributed by atoms with van der Waals surface area (Å²) >= 11 is 0.923. The van der Waals surface area contributed by atoms with Gasteiger partial charge in [0, 0.05) is 6.92 Å². The Morgan fingerprint density at radius 1 is 1.09 bits per heavy atom. The number of thiazole rings is 1. The van der Waals surface area contributed by atoms with E-state index in [1.54, 1.807) is 31.2 Å². The van der Waals surface area contributed by atoms with Crippen molar-refractivity contribution in [3.05, 3.63) is 100 Å². The number of aryl methyl sites for hydroxylation is 1. The maximum atomic E-state index is 13.5. The summed E-state index contributed by atoms with van der Waals surface area (Å²) in [5, 5.41) is 18.5. The quantitative estimate of drug-likeness (QED) is 0.181. The first kappa shape index (κ1) is 32.3. The maximum Gasteiger partial charge on any atom is 0.350 e. The molecule has 0 spiro atoms. The summed E-state index contributed by atoms with van der Waals surface area (Å²) in [4.78, 5) is 54.3. The monoisotopic (exact) mass is 606 g/mol. The highest BCUT2D eigenvalue weighted by Crippen LogP contribution is 2.44. The molecule has 12 heteroatoms. The van der Waals surface area contributed by atoms with Crippen molar-refractivity contribution in [3.8, 4) is 11.5 Å². The lowest BCUT2D eigenvalue weighted by Crippen LogP contribution is -2.30. The van der Waals surface area contributed by atoms with Crippen molar-refractivity contribution in [2.75, 3.05) is 25.7 Å². The van der Waals surface area contributed by atoms with E-state index in [4.69, 9.17) is 24.1 Å². The number of anilines is 1. The first-order chi connectivity index (χ1) is 20.5.